The van der Waals surface area contributed by atoms with E-state index < -0.39 is 22.3 Å². The van der Waals surface area contributed by atoms with E-state index in [-0.39, 0.29) is 23.7 Å². The molecule has 0 unspecified atom stereocenters. The smallest absolute Gasteiger partial charge is 0.412 e. The van der Waals surface area contributed by atoms with Crippen molar-refractivity contribution in [3.05, 3.63) is 48.4 Å². The standard InChI is InChI=1S/C21H22Cl3FN4O4.C3H8/c1-4-26-17-10-15(32-8-7-31-3)9-16(25)19(17)13(2)28-14-5-6-18(27-11-14)29-20(30)33-12-21(22,23)24;1-3-2/h4-6,9-11,28H,2,7-8,12H2,1,3H3,(H,27,29,30);3H2,1-2H3. The highest BCUT2D eigenvalue weighted by Gasteiger charge is 2.22. The summed E-state index contributed by atoms with van der Waals surface area (Å²) in [5.74, 6) is -0.0492. The van der Waals surface area contributed by atoms with Gasteiger partial charge in [0.15, 0.2) is 0 Å². The Bertz CT molecular complexity index is 1020. The molecule has 0 fully saturated rings. The first-order valence-corrected chi connectivity index (χ1v) is 12.0. The Morgan fingerprint density at radius 3 is 2.47 bits per heavy atom. The van der Waals surface area contributed by atoms with Crippen molar-refractivity contribution in [3.63, 3.8) is 0 Å². The lowest BCUT2D eigenvalue weighted by Gasteiger charge is -2.15. The Labute approximate surface area is 225 Å². The van der Waals surface area contributed by atoms with Crippen molar-refractivity contribution in [2.75, 3.05) is 37.6 Å². The Balaban J connectivity index is 0.00000205. The van der Waals surface area contributed by atoms with Gasteiger partial charge in [-0.1, -0.05) is 61.7 Å². The van der Waals surface area contributed by atoms with Crippen LogP contribution in [0, 0.1) is 5.82 Å². The van der Waals surface area contributed by atoms with Crippen LogP contribution in [0.4, 0.5) is 26.4 Å². The third-order valence-corrected chi connectivity index (χ3v) is 4.15. The molecule has 0 aliphatic rings. The molecular weight excluding hydrogens is 534 g/mol. The number of pyridine rings is 1. The predicted octanol–water partition coefficient (Wildman–Crippen LogP) is 7.39. The number of hydrogen-bond acceptors (Lipinski definition) is 7. The molecule has 0 atom stereocenters. The molecule has 2 rings (SSSR count). The maximum Gasteiger partial charge on any atom is 0.412 e. The zero-order valence-corrected chi connectivity index (χ0v) is 22.8. The number of anilines is 2. The van der Waals surface area contributed by atoms with E-state index in [0.29, 0.717) is 23.7 Å². The number of aliphatic imine (C=N–C) groups is 1. The molecule has 198 valence electrons. The second kappa shape index (κ2) is 16.2. The second-order valence-electron chi connectivity index (χ2n) is 7.09. The fraction of sp³-hybridized carbons (Fsp3) is 0.375. The number of alkyl halides is 3. The number of hydrogen-bond donors (Lipinski definition) is 2. The van der Waals surface area contributed by atoms with Crippen LogP contribution in [-0.4, -0.2) is 48.0 Å². The average molecular weight is 564 g/mol. The number of rotatable bonds is 10. The summed E-state index contributed by atoms with van der Waals surface area (Å²) in [5.41, 5.74) is 1.25. The van der Waals surface area contributed by atoms with Crippen LogP contribution in [0.2, 0.25) is 0 Å². The maximum atomic E-state index is 14.9. The van der Waals surface area contributed by atoms with Crippen molar-refractivity contribution in [1.29, 1.82) is 0 Å². The lowest BCUT2D eigenvalue weighted by atomic mass is 10.1. The van der Waals surface area contributed by atoms with Gasteiger partial charge in [0.1, 0.15) is 30.6 Å². The zero-order chi connectivity index (χ0) is 27.1. The number of aromatic nitrogens is 1. The molecule has 12 heteroatoms. The van der Waals surface area contributed by atoms with Crippen LogP contribution in [0.1, 0.15) is 32.8 Å². The fourth-order valence-corrected chi connectivity index (χ4v) is 2.66. The minimum absolute atomic E-state index is 0.171. The van der Waals surface area contributed by atoms with E-state index in [1.165, 1.54) is 31.0 Å². The molecule has 8 nitrogen and oxygen atoms in total. The van der Waals surface area contributed by atoms with Crippen LogP contribution in [-0.2, 0) is 9.47 Å². The third-order valence-electron chi connectivity index (χ3n) is 3.82. The topological polar surface area (TPSA) is 94.1 Å². The molecule has 0 saturated heterocycles. The molecule has 1 aromatic carbocycles. The van der Waals surface area contributed by atoms with Gasteiger partial charge in [0.05, 0.1) is 29.7 Å². The minimum Gasteiger partial charge on any atom is -0.491 e. The molecule has 1 heterocycles. The quantitative estimate of drug-likeness (QED) is 0.178. The van der Waals surface area contributed by atoms with Gasteiger partial charge >= 0.3 is 6.09 Å². The number of benzene rings is 1. The van der Waals surface area contributed by atoms with Gasteiger partial charge in [-0.15, -0.1) is 0 Å². The van der Waals surface area contributed by atoms with Gasteiger partial charge in [0.25, 0.3) is 0 Å². The summed E-state index contributed by atoms with van der Waals surface area (Å²) in [7, 11) is 1.55. The molecule has 0 spiro atoms. The highest BCUT2D eigenvalue weighted by atomic mass is 35.6. The molecule has 1 amide bonds. The Kier molecular flexibility index (Phi) is 14.2. The van der Waals surface area contributed by atoms with E-state index in [1.54, 1.807) is 26.2 Å². The van der Waals surface area contributed by atoms with Gasteiger partial charge in [-0.3, -0.25) is 10.3 Å². The number of carbonyl (C=O) groups excluding carboxylic acids is 1. The first-order chi connectivity index (χ1) is 17.0. The van der Waals surface area contributed by atoms with Crippen molar-refractivity contribution in [2.45, 2.75) is 31.0 Å². The summed E-state index contributed by atoms with van der Waals surface area (Å²) in [4.78, 5) is 20.0. The number of amides is 1. The summed E-state index contributed by atoms with van der Waals surface area (Å²) in [6, 6.07) is 5.96. The normalized spacial score (nSPS) is 10.9. The maximum absolute atomic E-state index is 14.9. The van der Waals surface area contributed by atoms with E-state index in [2.05, 4.69) is 41.0 Å². The summed E-state index contributed by atoms with van der Waals surface area (Å²) in [5, 5.41) is 5.36. The van der Waals surface area contributed by atoms with Crippen LogP contribution < -0.4 is 15.4 Å². The van der Waals surface area contributed by atoms with E-state index in [9.17, 15) is 9.18 Å². The van der Waals surface area contributed by atoms with Crippen molar-refractivity contribution in [2.24, 2.45) is 4.99 Å². The van der Waals surface area contributed by atoms with E-state index in [4.69, 9.17) is 49.0 Å². The average Bonchev–Trinajstić information content (AvgIpc) is 2.79. The molecule has 1 aromatic heterocycles. The second-order valence-corrected chi connectivity index (χ2v) is 9.60. The summed E-state index contributed by atoms with van der Waals surface area (Å²) in [6.45, 7) is 10.1. The number of halogens is 4. The lowest BCUT2D eigenvalue weighted by Crippen LogP contribution is -2.21. The molecule has 0 aliphatic heterocycles. The van der Waals surface area contributed by atoms with Gasteiger partial charge < -0.3 is 19.5 Å². The first kappa shape index (κ1) is 31.4. The van der Waals surface area contributed by atoms with Crippen LogP contribution in [0.15, 0.2) is 42.0 Å². The monoisotopic (exact) mass is 562 g/mol. The largest absolute Gasteiger partial charge is 0.491 e. The molecule has 2 aromatic rings. The van der Waals surface area contributed by atoms with Crippen molar-refractivity contribution in [3.8, 4) is 5.75 Å². The van der Waals surface area contributed by atoms with Gasteiger partial charge in [-0.2, -0.15) is 0 Å². The number of nitrogens with one attached hydrogen (secondary N) is 2. The van der Waals surface area contributed by atoms with Crippen molar-refractivity contribution in [1.82, 2.24) is 4.98 Å². The van der Waals surface area contributed by atoms with Crippen molar-refractivity contribution >= 4 is 70.0 Å². The minimum atomic E-state index is -1.72. The highest BCUT2D eigenvalue weighted by Crippen LogP contribution is 2.33. The van der Waals surface area contributed by atoms with Crippen molar-refractivity contribution < 1.29 is 23.4 Å². The summed E-state index contributed by atoms with van der Waals surface area (Å²) >= 11 is 16.6. The number of nitrogens with zero attached hydrogens (tertiary/aromatic N) is 2. The molecular formula is C24H30Cl3FN4O4. The number of ether oxygens (including phenoxy) is 3. The summed E-state index contributed by atoms with van der Waals surface area (Å²) in [6.07, 6.45) is 3.36. The fourth-order valence-electron chi connectivity index (χ4n) is 2.50. The van der Waals surface area contributed by atoms with E-state index in [0.717, 1.165) is 0 Å². The first-order valence-electron chi connectivity index (χ1n) is 10.9. The molecule has 0 aliphatic carbocycles. The lowest BCUT2D eigenvalue weighted by molar-refractivity contribution is 0.146. The van der Waals surface area contributed by atoms with Crippen LogP contribution in [0.25, 0.3) is 5.70 Å². The van der Waals surface area contributed by atoms with E-state index >= 15 is 0 Å². The predicted molar refractivity (Wildman–Crippen MR) is 146 cm³/mol. The van der Waals surface area contributed by atoms with E-state index in [1.807, 2.05) is 0 Å². The molecule has 0 bridgehead atoms. The third kappa shape index (κ3) is 11.9. The van der Waals surface area contributed by atoms with Crippen LogP contribution in [0.5, 0.6) is 5.75 Å². The molecule has 0 saturated carbocycles. The van der Waals surface area contributed by atoms with Gasteiger partial charge in [0, 0.05) is 31.2 Å². The summed E-state index contributed by atoms with van der Waals surface area (Å²) < 4.78 is 28.3. The SMILES string of the molecule is C=C(Nc1ccc(NC(=O)OCC(Cl)(Cl)Cl)nc1)c1c(F)cc(OCCOC)cc1N=CC.CCC. The van der Waals surface area contributed by atoms with Gasteiger partial charge in [0.2, 0.25) is 3.79 Å². The van der Waals surface area contributed by atoms with Crippen LogP contribution in [0.3, 0.4) is 0 Å². The Morgan fingerprint density at radius 1 is 1.22 bits per heavy atom. The molecule has 0 radical (unpaired) electrons. The van der Waals surface area contributed by atoms with Gasteiger partial charge in [-0.25, -0.2) is 14.2 Å². The zero-order valence-electron chi connectivity index (χ0n) is 20.5. The number of carbonyl (C=O) groups is 1. The molecule has 2 N–H and O–H groups in total. The van der Waals surface area contributed by atoms with Gasteiger partial charge in [-0.05, 0) is 19.1 Å². The highest BCUT2D eigenvalue weighted by molar-refractivity contribution is 6.67. The van der Waals surface area contributed by atoms with Crippen LogP contribution >= 0.6 is 34.8 Å². The Morgan fingerprint density at radius 2 is 1.92 bits per heavy atom. The Hall–Kier alpha value is -2.59. The molecule has 36 heavy (non-hydrogen) atoms. The number of methoxy groups -OCH3 is 1.